The van der Waals surface area contributed by atoms with Gasteiger partial charge in [-0.2, -0.15) is 0 Å². The molecule has 2 nitrogen and oxygen atoms in total. The van der Waals surface area contributed by atoms with Crippen molar-refractivity contribution in [2.75, 3.05) is 4.90 Å². The third-order valence-electron chi connectivity index (χ3n) is 14.9. The molecule has 0 amide bonds. The van der Waals surface area contributed by atoms with Crippen LogP contribution in [-0.2, 0) is 5.41 Å². The quantitative estimate of drug-likeness (QED) is 0.145. The summed E-state index contributed by atoms with van der Waals surface area (Å²) >= 11 is 1.90. The molecule has 10 aromatic carbocycles. The molecule has 0 N–H and O–H groups in total. The second-order valence-corrected chi connectivity index (χ2v) is 19.3. The first-order valence-corrected chi connectivity index (χ1v) is 24.6. The predicted octanol–water partition coefficient (Wildman–Crippen LogP) is 18.3. The van der Waals surface area contributed by atoms with Crippen LogP contribution in [0.4, 0.5) is 17.1 Å². The van der Waals surface area contributed by atoms with Crippen molar-refractivity contribution >= 4 is 86.7 Å². The van der Waals surface area contributed by atoms with Crippen LogP contribution in [0.1, 0.15) is 34.7 Å². The number of rotatable bonds is 7. The molecule has 1 spiro atoms. The van der Waals surface area contributed by atoms with E-state index in [2.05, 4.69) is 247 Å². The molecule has 12 aromatic rings. The Balaban J connectivity index is 1.07. The summed E-state index contributed by atoms with van der Waals surface area (Å²) in [7, 11) is 0. The minimum atomic E-state index is -0.470. The fourth-order valence-electron chi connectivity index (χ4n) is 12.1. The molecule has 2 aliphatic carbocycles. The minimum absolute atomic E-state index is 0.470. The predicted molar refractivity (Wildman–Crippen MR) is 295 cm³/mol. The average Bonchev–Trinajstić information content (AvgIpc) is 4.14. The Labute approximate surface area is 405 Å². The molecule has 2 aromatic heterocycles. The van der Waals surface area contributed by atoms with Gasteiger partial charge in [-0.3, -0.25) is 0 Å². The molecule has 0 unspecified atom stereocenters. The van der Waals surface area contributed by atoms with E-state index >= 15 is 0 Å². The number of hydrogen-bond donors (Lipinski definition) is 0. The highest BCUT2D eigenvalue weighted by Gasteiger charge is 2.51. The number of allylic oxidation sites excluding steroid dienone is 5. The number of benzene rings is 10. The van der Waals surface area contributed by atoms with Gasteiger partial charge in [0.15, 0.2) is 0 Å². The van der Waals surface area contributed by atoms with Crippen LogP contribution in [0, 0.1) is 0 Å². The number of para-hydroxylation sites is 1. The molecular formula is C66H44N2S. The van der Waals surface area contributed by atoms with Crippen molar-refractivity contribution in [2.45, 2.75) is 12.3 Å². The highest BCUT2D eigenvalue weighted by molar-refractivity contribution is 7.27. The summed E-state index contributed by atoms with van der Waals surface area (Å²) < 4.78 is 5.12. The second-order valence-electron chi connectivity index (χ2n) is 18.3. The Hall–Kier alpha value is -8.50. The van der Waals surface area contributed by atoms with E-state index in [4.69, 9.17) is 0 Å². The van der Waals surface area contributed by atoms with Crippen molar-refractivity contribution in [3.63, 3.8) is 0 Å². The van der Waals surface area contributed by atoms with Crippen molar-refractivity contribution < 1.29 is 0 Å². The van der Waals surface area contributed by atoms with E-state index in [0.29, 0.717) is 0 Å². The average molecular weight is 897 g/mol. The van der Waals surface area contributed by atoms with Crippen molar-refractivity contribution in [1.29, 1.82) is 0 Å². The van der Waals surface area contributed by atoms with Gasteiger partial charge in [0.2, 0.25) is 0 Å². The van der Waals surface area contributed by atoms with Crippen molar-refractivity contribution in [2.24, 2.45) is 0 Å². The van der Waals surface area contributed by atoms with Crippen LogP contribution in [0.25, 0.3) is 86.3 Å². The Morgan fingerprint density at radius 2 is 1.06 bits per heavy atom. The first-order valence-electron chi connectivity index (χ1n) is 23.8. The molecule has 324 valence electrons. The largest absolute Gasteiger partial charge is 0.310 e. The van der Waals surface area contributed by atoms with Crippen LogP contribution in [0.15, 0.2) is 243 Å². The molecule has 2 aliphatic rings. The molecule has 14 rings (SSSR count). The zero-order valence-electron chi connectivity index (χ0n) is 38.0. The Morgan fingerprint density at radius 1 is 0.507 bits per heavy atom. The Morgan fingerprint density at radius 3 is 1.72 bits per heavy atom. The summed E-state index contributed by atoms with van der Waals surface area (Å²) in [6.45, 7) is 6.22. The van der Waals surface area contributed by atoms with E-state index in [1.165, 1.54) is 97.3 Å². The lowest BCUT2D eigenvalue weighted by Crippen LogP contribution is -2.26. The van der Waals surface area contributed by atoms with Gasteiger partial charge in [-0.15, -0.1) is 11.3 Å². The third-order valence-corrected chi connectivity index (χ3v) is 16.1. The Kier molecular flexibility index (Phi) is 8.77. The van der Waals surface area contributed by atoms with Gasteiger partial charge in [-0.1, -0.05) is 183 Å². The van der Waals surface area contributed by atoms with Crippen LogP contribution in [-0.4, -0.2) is 4.57 Å². The monoisotopic (exact) mass is 896 g/mol. The molecule has 0 aliphatic heterocycles. The molecule has 0 atom stereocenters. The second kappa shape index (κ2) is 15.3. The standard InChI is InChI=1S/C66H44N2S/c1-3-5-19-42(4-2)43-32-34-45(35-33-43)67(47-36-38-51-50-24-13-17-30-58(50)66(59(51)41-47)56-28-15-11-22-48(56)49-23-12-16-29-57(49)66)46-37-39-60-55(40-46)62-52-25-9-10-26-53(52)63-54-27-14-18-31-61(54)69-65(63)64(62)68(60)44-20-7-6-8-21-44/h3-41H,2H2,1H3/b5-3-,42-19+. The van der Waals surface area contributed by atoms with Crippen LogP contribution >= 0.6 is 11.3 Å². The first kappa shape index (κ1) is 39.6. The molecule has 2 heterocycles. The van der Waals surface area contributed by atoms with Gasteiger partial charge < -0.3 is 9.47 Å². The topological polar surface area (TPSA) is 8.17 Å². The molecule has 0 bridgehead atoms. The molecular weight excluding hydrogens is 853 g/mol. The molecule has 0 fully saturated rings. The van der Waals surface area contributed by atoms with Gasteiger partial charge in [0.25, 0.3) is 0 Å². The molecule has 3 heteroatoms. The maximum Gasteiger partial charge on any atom is 0.0726 e. The maximum absolute atomic E-state index is 4.18. The van der Waals surface area contributed by atoms with Gasteiger partial charge in [0.05, 0.1) is 21.1 Å². The van der Waals surface area contributed by atoms with Crippen LogP contribution in [0.3, 0.4) is 0 Å². The van der Waals surface area contributed by atoms with Crippen LogP contribution in [0.5, 0.6) is 0 Å². The number of aromatic nitrogens is 1. The maximum atomic E-state index is 4.18. The van der Waals surface area contributed by atoms with Gasteiger partial charge in [0, 0.05) is 49.0 Å². The fraction of sp³-hybridized carbons (Fsp3) is 0.0303. The summed E-state index contributed by atoms with van der Waals surface area (Å²) in [6, 6.07) is 79.4. The molecule has 69 heavy (non-hydrogen) atoms. The Bertz CT molecular complexity index is 4100. The molecule has 0 saturated carbocycles. The zero-order chi connectivity index (χ0) is 45.8. The van der Waals surface area contributed by atoms with Crippen molar-refractivity contribution in [1.82, 2.24) is 4.57 Å². The third kappa shape index (κ3) is 5.54. The van der Waals surface area contributed by atoms with Crippen LogP contribution < -0.4 is 4.90 Å². The van der Waals surface area contributed by atoms with E-state index in [9.17, 15) is 0 Å². The van der Waals surface area contributed by atoms with E-state index in [-0.39, 0.29) is 0 Å². The molecule has 0 saturated heterocycles. The summed E-state index contributed by atoms with van der Waals surface area (Å²) in [4.78, 5) is 2.47. The highest BCUT2D eigenvalue weighted by Crippen LogP contribution is 2.63. The summed E-state index contributed by atoms with van der Waals surface area (Å²) in [5, 5.41) is 7.67. The van der Waals surface area contributed by atoms with E-state index in [1.54, 1.807) is 0 Å². The smallest absolute Gasteiger partial charge is 0.0726 e. The normalized spacial score (nSPS) is 13.5. The number of thiophene rings is 1. The lowest BCUT2D eigenvalue weighted by Gasteiger charge is -2.32. The van der Waals surface area contributed by atoms with Crippen LogP contribution in [0.2, 0.25) is 0 Å². The summed E-state index contributed by atoms with van der Waals surface area (Å²) in [5.41, 5.74) is 19.1. The van der Waals surface area contributed by atoms with Gasteiger partial charge >= 0.3 is 0 Å². The first-order chi connectivity index (χ1) is 34.2. The number of hydrogen-bond acceptors (Lipinski definition) is 2. The van der Waals surface area contributed by atoms with Gasteiger partial charge in [-0.25, -0.2) is 0 Å². The fourth-order valence-corrected chi connectivity index (χ4v) is 13.4. The molecule has 0 radical (unpaired) electrons. The summed E-state index contributed by atoms with van der Waals surface area (Å²) in [5.74, 6) is 0. The van der Waals surface area contributed by atoms with Crippen molar-refractivity contribution in [3.8, 4) is 27.9 Å². The number of nitrogens with zero attached hydrogens (tertiary/aromatic N) is 2. The van der Waals surface area contributed by atoms with E-state index in [1.807, 2.05) is 24.3 Å². The van der Waals surface area contributed by atoms with E-state index in [0.717, 1.165) is 33.9 Å². The van der Waals surface area contributed by atoms with Crippen molar-refractivity contribution in [3.05, 3.63) is 271 Å². The highest BCUT2D eigenvalue weighted by atomic mass is 32.1. The lowest BCUT2D eigenvalue weighted by molar-refractivity contribution is 0.793. The number of anilines is 3. The zero-order valence-corrected chi connectivity index (χ0v) is 38.8. The minimum Gasteiger partial charge on any atom is -0.310 e. The van der Waals surface area contributed by atoms with Gasteiger partial charge in [0.1, 0.15) is 0 Å². The van der Waals surface area contributed by atoms with E-state index < -0.39 is 5.41 Å². The van der Waals surface area contributed by atoms with Gasteiger partial charge in [-0.05, 0) is 134 Å². The lowest BCUT2D eigenvalue weighted by atomic mass is 9.70. The number of fused-ring (bicyclic) bond motifs is 20. The SMILES string of the molecule is C=C/C(=C\C=C/C)c1ccc(N(c2ccc3c(c2)C2(c4ccccc4-c4ccccc42)c2ccccc2-3)c2ccc3c(c2)c2c4ccccc4c4c5ccccc5sc4c2n3-c2ccccc2)cc1. The summed E-state index contributed by atoms with van der Waals surface area (Å²) in [6.07, 6.45) is 8.20.